The standard InChI is InChI=1S/C22H32N2O7/c1-21(2,3)30-19(27)16-13-24(17(25)12-15(16)18(26)29-7)14-8-10-23(11-9-14)20(28)31-22(4,5)6/h12-14H,8-11H2,1-7H3. The first kappa shape index (κ1) is 24.4. The summed E-state index contributed by atoms with van der Waals surface area (Å²) in [7, 11) is 1.18. The molecule has 1 aliphatic heterocycles. The predicted molar refractivity (Wildman–Crippen MR) is 113 cm³/mol. The molecule has 0 aliphatic carbocycles. The van der Waals surface area contributed by atoms with Crippen LogP contribution >= 0.6 is 0 Å². The van der Waals surface area contributed by atoms with Crippen LogP contribution in [-0.2, 0) is 14.2 Å². The second-order valence-electron chi connectivity index (χ2n) is 9.54. The Bertz CT molecular complexity index is 898. The SMILES string of the molecule is COC(=O)c1cc(=O)n(C2CCN(C(=O)OC(C)(C)C)CC2)cc1C(=O)OC(C)(C)C. The van der Waals surface area contributed by atoms with Crippen molar-refractivity contribution in [2.24, 2.45) is 0 Å². The van der Waals surface area contributed by atoms with E-state index in [2.05, 4.69) is 0 Å². The van der Waals surface area contributed by atoms with Crippen LogP contribution in [0.2, 0.25) is 0 Å². The number of rotatable bonds is 3. The van der Waals surface area contributed by atoms with Gasteiger partial charge in [-0.15, -0.1) is 0 Å². The molecule has 1 aliphatic rings. The number of nitrogens with zero attached hydrogens (tertiary/aromatic N) is 2. The molecule has 1 aromatic heterocycles. The van der Waals surface area contributed by atoms with Crippen molar-refractivity contribution in [2.45, 2.75) is 71.6 Å². The first-order valence-corrected chi connectivity index (χ1v) is 10.3. The van der Waals surface area contributed by atoms with Crippen LogP contribution in [0.5, 0.6) is 0 Å². The van der Waals surface area contributed by atoms with Gasteiger partial charge in [-0.3, -0.25) is 4.79 Å². The van der Waals surface area contributed by atoms with Crippen molar-refractivity contribution in [3.8, 4) is 0 Å². The quantitative estimate of drug-likeness (QED) is 0.529. The Morgan fingerprint density at radius 2 is 1.45 bits per heavy atom. The van der Waals surface area contributed by atoms with Gasteiger partial charge < -0.3 is 23.7 Å². The van der Waals surface area contributed by atoms with Gasteiger partial charge in [0.05, 0.1) is 18.2 Å². The molecular formula is C22H32N2O7. The van der Waals surface area contributed by atoms with Gasteiger partial charge in [-0.05, 0) is 54.4 Å². The highest BCUT2D eigenvalue weighted by molar-refractivity contribution is 6.02. The second-order valence-corrected chi connectivity index (χ2v) is 9.54. The summed E-state index contributed by atoms with van der Waals surface area (Å²) >= 11 is 0. The van der Waals surface area contributed by atoms with Crippen molar-refractivity contribution >= 4 is 18.0 Å². The first-order chi connectivity index (χ1) is 14.2. The zero-order chi connectivity index (χ0) is 23.6. The molecule has 0 N–H and O–H groups in total. The normalized spacial score (nSPS) is 15.4. The molecule has 172 valence electrons. The van der Waals surface area contributed by atoms with E-state index in [1.165, 1.54) is 17.9 Å². The number of hydrogen-bond acceptors (Lipinski definition) is 7. The largest absolute Gasteiger partial charge is 0.465 e. The highest BCUT2D eigenvalue weighted by atomic mass is 16.6. The number of carbonyl (C=O) groups excluding carboxylic acids is 3. The van der Waals surface area contributed by atoms with Crippen LogP contribution in [0.4, 0.5) is 4.79 Å². The molecule has 0 radical (unpaired) electrons. The average molecular weight is 437 g/mol. The molecule has 2 rings (SSSR count). The van der Waals surface area contributed by atoms with Crippen LogP contribution in [0.15, 0.2) is 17.1 Å². The van der Waals surface area contributed by atoms with E-state index in [1.807, 2.05) is 0 Å². The maximum atomic E-state index is 12.7. The van der Waals surface area contributed by atoms with Gasteiger partial charge in [-0.1, -0.05) is 0 Å². The van der Waals surface area contributed by atoms with E-state index in [0.717, 1.165) is 6.07 Å². The van der Waals surface area contributed by atoms with Gasteiger partial charge in [0.25, 0.3) is 5.56 Å². The van der Waals surface area contributed by atoms with E-state index in [9.17, 15) is 19.2 Å². The van der Waals surface area contributed by atoms with Gasteiger partial charge in [-0.2, -0.15) is 0 Å². The fourth-order valence-electron chi connectivity index (χ4n) is 3.26. The summed E-state index contributed by atoms with van der Waals surface area (Å²) in [6.07, 6.45) is 1.97. The Kier molecular flexibility index (Phi) is 7.18. The molecule has 0 saturated carbocycles. The number of amides is 1. The molecule has 1 amide bonds. The summed E-state index contributed by atoms with van der Waals surface area (Å²) in [6, 6.07) is 0.866. The van der Waals surface area contributed by atoms with E-state index in [1.54, 1.807) is 46.4 Å². The van der Waals surface area contributed by atoms with Gasteiger partial charge >= 0.3 is 18.0 Å². The van der Waals surface area contributed by atoms with Crippen LogP contribution in [-0.4, -0.2) is 58.9 Å². The minimum atomic E-state index is -0.787. The third-order valence-corrected chi connectivity index (χ3v) is 4.61. The number of hydrogen-bond donors (Lipinski definition) is 0. The minimum Gasteiger partial charge on any atom is -0.465 e. The summed E-state index contributed by atoms with van der Waals surface area (Å²) in [6.45, 7) is 11.4. The van der Waals surface area contributed by atoms with Crippen molar-refractivity contribution in [3.05, 3.63) is 33.7 Å². The van der Waals surface area contributed by atoms with Gasteiger partial charge in [0.15, 0.2) is 0 Å². The molecule has 0 bridgehead atoms. The third kappa shape index (κ3) is 6.57. The monoisotopic (exact) mass is 436 g/mol. The fourth-order valence-corrected chi connectivity index (χ4v) is 3.26. The van der Waals surface area contributed by atoms with E-state index in [4.69, 9.17) is 14.2 Å². The van der Waals surface area contributed by atoms with Crippen LogP contribution in [0, 0.1) is 0 Å². The van der Waals surface area contributed by atoms with Crippen molar-refractivity contribution in [1.29, 1.82) is 0 Å². The summed E-state index contributed by atoms with van der Waals surface area (Å²) in [4.78, 5) is 51.4. The van der Waals surface area contributed by atoms with Crippen molar-refractivity contribution in [3.63, 3.8) is 0 Å². The Hall–Kier alpha value is -2.84. The minimum absolute atomic E-state index is 0.0315. The summed E-state index contributed by atoms with van der Waals surface area (Å²) in [5.74, 6) is -1.50. The molecule has 9 nitrogen and oxygen atoms in total. The second kappa shape index (κ2) is 9.11. The highest BCUT2D eigenvalue weighted by Gasteiger charge is 2.30. The summed E-state index contributed by atoms with van der Waals surface area (Å²) in [5, 5.41) is 0. The van der Waals surface area contributed by atoms with Crippen molar-refractivity contribution in [2.75, 3.05) is 20.2 Å². The number of ether oxygens (including phenoxy) is 3. The van der Waals surface area contributed by atoms with Crippen molar-refractivity contribution < 1.29 is 28.6 Å². The van der Waals surface area contributed by atoms with Crippen molar-refractivity contribution in [1.82, 2.24) is 9.47 Å². The van der Waals surface area contributed by atoms with E-state index in [0.29, 0.717) is 25.9 Å². The van der Waals surface area contributed by atoms with E-state index in [-0.39, 0.29) is 17.2 Å². The Balaban J connectivity index is 2.29. The lowest BCUT2D eigenvalue weighted by Gasteiger charge is -2.34. The summed E-state index contributed by atoms with van der Waals surface area (Å²) in [5.41, 5.74) is -1.95. The van der Waals surface area contributed by atoms with Gasteiger partial charge in [0.1, 0.15) is 11.2 Å². The molecule has 2 heterocycles. The Labute approximate surface area is 182 Å². The number of piperidine rings is 1. The first-order valence-electron chi connectivity index (χ1n) is 10.3. The Morgan fingerprint density at radius 3 is 1.94 bits per heavy atom. The smallest absolute Gasteiger partial charge is 0.410 e. The molecular weight excluding hydrogens is 404 g/mol. The average Bonchev–Trinajstić information content (AvgIpc) is 2.64. The number of carbonyl (C=O) groups is 3. The molecule has 1 fully saturated rings. The fraction of sp³-hybridized carbons (Fsp3) is 0.636. The highest BCUT2D eigenvalue weighted by Crippen LogP contribution is 2.24. The number of aromatic nitrogens is 1. The van der Waals surface area contributed by atoms with Gasteiger partial charge in [0.2, 0.25) is 0 Å². The zero-order valence-corrected chi connectivity index (χ0v) is 19.3. The molecule has 0 spiro atoms. The predicted octanol–water partition coefficient (Wildman–Crippen LogP) is 3.16. The topological polar surface area (TPSA) is 104 Å². The molecule has 0 atom stereocenters. The number of likely N-dealkylation sites (tertiary alicyclic amines) is 1. The molecule has 0 aromatic carbocycles. The Morgan fingerprint density at radius 1 is 0.903 bits per heavy atom. The number of esters is 2. The molecule has 1 aromatic rings. The number of methoxy groups -OCH3 is 1. The van der Waals surface area contributed by atoms with Gasteiger partial charge in [-0.25, -0.2) is 14.4 Å². The zero-order valence-electron chi connectivity index (χ0n) is 19.3. The molecule has 1 saturated heterocycles. The van der Waals surface area contributed by atoms with Gasteiger partial charge in [0, 0.05) is 31.4 Å². The van der Waals surface area contributed by atoms with Crippen LogP contribution < -0.4 is 5.56 Å². The van der Waals surface area contributed by atoms with Crippen LogP contribution in [0.3, 0.4) is 0 Å². The summed E-state index contributed by atoms with van der Waals surface area (Å²) < 4.78 is 17.0. The maximum Gasteiger partial charge on any atom is 0.410 e. The van der Waals surface area contributed by atoms with E-state index < -0.39 is 34.8 Å². The molecule has 9 heteroatoms. The molecule has 31 heavy (non-hydrogen) atoms. The van der Waals surface area contributed by atoms with Crippen LogP contribution in [0.25, 0.3) is 0 Å². The number of pyridine rings is 1. The lowest BCUT2D eigenvalue weighted by atomic mass is 10.0. The lowest BCUT2D eigenvalue weighted by Crippen LogP contribution is -2.43. The van der Waals surface area contributed by atoms with Crippen LogP contribution in [0.1, 0.15) is 81.1 Å². The third-order valence-electron chi connectivity index (χ3n) is 4.61. The van der Waals surface area contributed by atoms with E-state index >= 15 is 0 Å². The lowest BCUT2D eigenvalue weighted by molar-refractivity contribution is 0.00637. The maximum absolute atomic E-state index is 12.7. The molecule has 0 unspecified atom stereocenters.